The van der Waals surface area contributed by atoms with E-state index in [1.165, 1.54) is 12.1 Å². The van der Waals surface area contributed by atoms with Crippen molar-refractivity contribution in [3.05, 3.63) is 59.7 Å². The third-order valence-electron chi connectivity index (χ3n) is 6.40. The third kappa shape index (κ3) is 6.28. The molecule has 0 N–H and O–H groups in total. The molecule has 1 aliphatic heterocycles. The summed E-state index contributed by atoms with van der Waals surface area (Å²) in [6, 6.07) is 12.6. The van der Waals surface area contributed by atoms with E-state index >= 15 is 0 Å². The van der Waals surface area contributed by atoms with Gasteiger partial charge in [-0.05, 0) is 35.7 Å². The van der Waals surface area contributed by atoms with Gasteiger partial charge in [-0.2, -0.15) is 18.2 Å². The number of nitrogens with zero attached hydrogens (tertiary/aromatic N) is 4. The summed E-state index contributed by atoms with van der Waals surface area (Å²) in [5, 5.41) is 3.98. The molecule has 6 nitrogen and oxygen atoms in total. The van der Waals surface area contributed by atoms with Crippen LogP contribution in [0.4, 0.5) is 13.2 Å². The Hall–Kier alpha value is -3.20. The van der Waals surface area contributed by atoms with E-state index in [-0.39, 0.29) is 17.4 Å². The molecule has 186 valence electrons. The van der Waals surface area contributed by atoms with Gasteiger partial charge in [0.1, 0.15) is 0 Å². The number of hydrogen-bond donors (Lipinski definition) is 0. The SMILES string of the molecule is CCC(C)CC(=O)N1CCN(Cc2cccc(-c3noc(-c4cccc(C(F)(F)F)c4)n3)c2)CC1. The molecule has 4 rings (SSSR count). The standard InChI is InChI=1S/C26H29F3N4O2/c1-3-18(2)14-23(34)33-12-10-32(11-13-33)17-19-6-4-7-20(15-19)24-30-25(35-31-24)21-8-5-9-22(16-21)26(27,28)29/h4-9,15-16,18H,3,10-14,17H2,1-2H3. The van der Waals surface area contributed by atoms with Crippen molar-refractivity contribution >= 4 is 5.91 Å². The Morgan fingerprint density at radius 1 is 1.06 bits per heavy atom. The summed E-state index contributed by atoms with van der Waals surface area (Å²) >= 11 is 0. The van der Waals surface area contributed by atoms with E-state index in [4.69, 9.17) is 4.52 Å². The Morgan fingerprint density at radius 2 is 1.77 bits per heavy atom. The van der Waals surface area contributed by atoms with Crippen LogP contribution >= 0.6 is 0 Å². The van der Waals surface area contributed by atoms with Crippen LogP contribution in [-0.2, 0) is 17.5 Å². The predicted octanol–water partition coefficient (Wildman–Crippen LogP) is 5.50. The average molecular weight is 487 g/mol. The number of rotatable bonds is 7. The molecule has 1 atom stereocenters. The molecule has 1 fully saturated rings. The molecule has 35 heavy (non-hydrogen) atoms. The molecule has 3 aromatic rings. The normalized spacial score (nSPS) is 15.9. The molecule has 1 unspecified atom stereocenters. The Balaban J connectivity index is 1.39. The highest BCUT2D eigenvalue weighted by molar-refractivity contribution is 5.76. The van der Waals surface area contributed by atoms with Gasteiger partial charge in [0, 0.05) is 50.3 Å². The number of aromatic nitrogens is 2. The molecule has 0 saturated carbocycles. The van der Waals surface area contributed by atoms with Crippen molar-refractivity contribution in [1.29, 1.82) is 0 Å². The zero-order chi connectivity index (χ0) is 25.0. The van der Waals surface area contributed by atoms with E-state index in [2.05, 4.69) is 28.9 Å². The van der Waals surface area contributed by atoms with Gasteiger partial charge in [0.25, 0.3) is 5.89 Å². The van der Waals surface area contributed by atoms with E-state index in [1.54, 1.807) is 0 Å². The molecule has 1 aromatic heterocycles. The van der Waals surface area contributed by atoms with Crippen LogP contribution in [0.2, 0.25) is 0 Å². The zero-order valence-corrected chi connectivity index (χ0v) is 19.9. The number of amides is 1. The highest BCUT2D eigenvalue weighted by Gasteiger charge is 2.31. The lowest BCUT2D eigenvalue weighted by Gasteiger charge is -2.35. The number of benzene rings is 2. The number of carbonyl (C=O) groups excluding carboxylic acids is 1. The van der Waals surface area contributed by atoms with E-state index in [9.17, 15) is 18.0 Å². The first-order valence-electron chi connectivity index (χ1n) is 11.8. The molecule has 0 radical (unpaired) electrons. The zero-order valence-electron chi connectivity index (χ0n) is 19.9. The van der Waals surface area contributed by atoms with Crippen LogP contribution in [0.3, 0.4) is 0 Å². The van der Waals surface area contributed by atoms with Gasteiger partial charge in [0.15, 0.2) is 0 Å². The number of alkyl halides is 3. The Kier molecular flexibility index (Phi) is 7.54. The van der Waals surface area contributed by atoms with Gasteiger partial charge < -0.3 is 9.42 Å². The maximum atomic E-state index is 13.0. The van der Waals surface area contributed by atoms with Gasteiger partial charge >= 0.3 is 6.18 Å². The Labute approximate surface area is 202 Å². The van der Waals surface area contributed by atoms with Crippen molar-refractivity contribution in [1.82, 2.24) is 19.9 Å². The number of halogens is 3. The summed E-state index contributed by atoms with van der Waals surface area (Å²) in [6.07, 6.45) is -2.84. The van der Waals surface area contributed by atoms with Crippen molar-refractivity contribution in [3.8, 4) is 22.8 Å². The summed E-state index contributed by atoms with van der Waals surface area (Å²) in [6.45, 7) is 7.98. The maximum Gasteiger partial charge on any atom is 0.416 e. The molecule has 0 spiro atoms. The highest BCUT2D eigenvalue weighted by Crippen LogP contribution is 2.32. The molecule has 0 bridgehead atoms. The van der Waals surface area contributed by atoms with Crippen molar-refractivity contribution in [3.63, 3.8) is 0 Å². The van der Waals surface area contributed by atoms with Gasteiger partial charge in [-0.1, -0.05) is 49.7 Å². The van der Waals surface area contributed by atoms with Crippen molar-refractivity contribution in [2.45, 2.75) is 39.4 Å². The number of piperazine rings is 1. The predicted molar refractivity (Wildman–Crippen MR) is 126 cm³/mol. The second-order valence-corrected chi connectivity index (χ2v) is 9.08. The largest absolute Gasteiger partial charge is 0.416 e. The van der Waals surface area contributed by atoms with E-state index in [0.29, 0.717) is 18.2 Å². The molecule has 2 aromatic carbocycles. The first kappa shape index (κ1) is 24.9. The summed E-state index contributed by atoms with van der Waals surface area (Å²) in [5.41, 5.74) is 1.24. The molecule has 1 aliphatic rings. The smallest absolute Gasteiger partial charge is 0.340 e. The Bertz CT molecular complexity index is 1150. The molecule has 1 amide bonds. The lowest BCUT2D eigenvalue weighted by molar-refractivity contribution is -0.137. The van der Waals surface area contributed by atoms with Gasteiger partial charge in [0.2, 0.25) is 11.7 Å². The lowest BCUT2D eigenvalue weighted by Crippen LogP contribution is -2.48. The van der Waals surface area contributed by atoms with Crippen LogP contribution in [0.5, 0.6) is 0 Å². The molecular formula is C26H29F3N4O2. The average Bonchev–Trinajstić information content (AvgIpc) is 3.35. The molecular weight excluding hydrogens is 457 g/mol. The minimum Gasteiger partial charge on any atom is -0.340 e. The number of hydrogen-bond acceptors (Lipinski definition) is 5. The second-order valence-electron chi connectivity index (χ2n) is 9.08. The first-order valence-corrected chi connectivity index (χ1v) is 11.8. The van der Waals surface area contributed by atoms with Crippen LogP contribution in [-0.4, -0.2) is 52.0 Å². The minimum atomic E-state index is -4.44. The molecule has 0 aliphatic carbocycles. The fourth-order valence-corrected chi connectivity index (χ4v) is 4.08. The monoisotopic (exact) mass is 486 g/mol. The lowest BCUT2D eigenvalue weighted by atomic mass is 10.0. The molecule has 2 heterocycles. The van der Waals surface area contributed by atoms with E-state index in [1.807, 2.05) is 29.2 Å². The fourth-order valence-electron chi connectivity index (χ4n) is 4.08. The summed E-state index contributed by atoms with van der Waals surface area (Å²) in [4.78, 5) is 21.0. The maximum absolute atomic E-state index is 13.0. The van der Waals surface area contributed by atoms with Crippen molar-refractivity contribution in [2.24, 2.45) is 5.92 Å². The van der Waals surface area contributed by atoms with Crippen LogP contribution in [0.15, 0.2) is 53.1 Å². The van der Waals surface area contributed by atoms with Crippen LogP contribution in [0, 0.1) is 5.92 Å². The second kappa shape index (κ2) is 10.6. The van der Waals surface area contributed by atoms with Crippen LogP contribution < -0.4 is 0 Å². The van der Waals surface area contributed by atoms with Gasteiger partial charge in [-0.15, -0.1) is 0 Å². The van der Waals surface area contributed by atoms with Gasteiger partial charge in [0.05, 0.1) is 5.56 Å². The summed E-state index contributed by atoms with van der Waals surface area (Å²) in [7, 11) is 0. The van der Waals surface area contributed by atoms with E-state index in [0.717, 1.165) is 62.4 Å². The topological polar surface area (TPSA) is 62.5 Å². The number of carbonyl (C=O) groups is 1. The van der Waals surface area contributed by atoms with Gasteiger partial charge in [-0.25, -0.2) is 0 Å². The summed E-state index contributed by atoms with van der Waals surface area (Å²) in [5.74, 6) is 0.992. The molecule has 1 saturated heterocycles. The van der Waals surface area contributed by atoms with E-state index < -0.39 is 11.7 Å². The quantitative estimate of drug-likeness (QED) is 0.441. The third-order valence-corrected chi connectivity index (χ3v) is 6.40. The first-order chi connectivity index (χ1) is 16.7. The minimum absolute atomic E-state index is 0.0367. The van der Waals surface area contributed by atoms with Crippen LogP contribution in [0.1, 0.15) is 37.8 Å². The van der Waals surface area contributed by atoms with Gasteiger partial charge in [-0.3, -0.25) is 9.69 Å². The Morgan fingerprint density at radius 3 is 2.49 bits per heavy atom. The van der Waals surface area contributed by atoms with Crippen LogP contribution in [0.25, 0.3) is 22.8 Å². The molecule has 9 heteroatoms. The van der Waals surface area contributed by atoms with Crippen molar-refractivity contribution < 1.29 is 22.5 Å². The summed E-state index contributed by atoms with van der Waals surface area (Å²) < 4.78 is 44.3. The van der Waals surface area contributed by atoms with Crippen molar-refractivity contribution in [2.75, 3.05) is 26.2 Å². The fraction of sp³-hybridized carbons (Fsp3) is 0.423. The highest BCUT2D eigenvalue weighted by atomic mass is 19.4.